The van der Waals surface area contributed by atoms with E-state index in [0.717, 1.165) is 22.7 Å². The summed E-state index contributed by atoms with van der Waals surface area (Å²) >= 11 is 1.51. The minimum Gasteiger partial charge on any atom is -0.464 e. The van der Waals surface area contributed by atoms with Crippen molar-refractivity contribution in [2.24, 2.45) is 0 Å². The largest absolute Gasteiger partial charge is 0.464 e. The number of methoxy groups -OCH3 is 1. The summed E-state index contributed by atoms with van der Waals surface area (Å²) in [5.74, 6) is -0.378. The van der Waals surface area contributed by atoms with Gasteiger partial charge >= 0.3 is 5.97 Å². The number of carbonyl (C=O) groups excluding carboxylic acids is 1. The highest BCUT2D eigenvalue weighted by molar-refractivity contribution is 7.11. The Morgan fingerprint density at radius 2 is 2.18 bits per heavy atom. The summed E-state index contributed by atoms with van der Waals surface area (Å²) in [4.78, 5) is 16.7. The molecular weight excluding hydrogens is 238 g/mol. The lowest BCUT2D eigenvalue weighted by Crippen LogP contribution is -2.06. The second-order valence-electron chi connectivity index (χ2n) is 3.68. The van der Waals surface area contributed by atoms with Crippen LogP contribution in [0.2, 0.25) is 0 Å². The lowest BCUT2D eigenvalue weighted by molar-refractivity contribution is 0.0541. The van der Waals surface area contributed by atoms with Gasteiger partial charge in [0.05, 0.1) is 7.11 Å². The first-order valence-corrected chi connectivity index (χ1v) is 6.62. The summed E-state index contributed by atoms with van der Waals surface area (Å²) in [6.07, 6.45) is 1.94. The number of hydrogen-bond donors (Lipinski definition) is 0. The molecule has 0 aliphatic carbocycles. The third-order valence-corrected chi connectivity index (χ3v) is 3.45. The number of nitrogens with zero attached hydrogens (tertiary/aromatic N) is 1. The Hall–Kier alpha value is -0.940. The molecule has 0 spiro atoms. The molecule has 0 amide bonds. The van der Waals surface area contributed by atoms with Gasteiger partial charge < -0.3 is 9.47 Å². The van der Waals surface area contributed by atoms with E-state index >= 15 is 0 Å². The summed E-state index contributed by atoms with van der Waals surface area (Å²) in [5, 5.41) is 0.867. The molecule has 1 aromatic heterocycles. The minimum atomic E-state index is -0.378. The molecule has 5 heteroatoms. The van der Waals surface area contributed by atoms with Crippen molar-refractivity contribution in [1.29, 1.82) is 0 Å². The van der Waals surface area contributed by atoms with E-state index in [4.69, 9.17) is 9.47 Å². The van der Waals surface area contributed by atoms with Gasteiger partial charge in [-0.2, -0.15) is 0 Å². The van der Waals surface area contributed by atoms with Crippen LogP contribution in [0.5, 0.6) is 0 Å². The fourth-order valence-corrected chi connectivity index (χ4v) is 2.58. The maximum absolute atomic E-state index is 11.5. The third kappa shape index (κ3) is 3.51. The molecule has 1 heterocycles. The molecule has 1 rings (SSSR count). The number of aromatic nitrogens is 1. The molecule has 0 N–H and O–H groups in total. The highest BCUT2D eigenvalue weighted by Crippen LogP contribution is 2.29. The molecule has 0 saturated carbocycles. The maximum Gasteiger partial charge on any atom is 0.357 e. The van der Waals surface area contributed by atoms with Crippen molar-refractivity contribution in [3.05, 3.63) is 15.6 Å². The van der Waals surface area contributed by atoms with Crippen molar-refractivity contribution in [1.82, 2.24) is 4.98 Å². The summed E-state index contributed by atoms with van der Waals surface area (Å²) in [7, 11) is 1.37. The highest BCUT2D eigenvalue weighted by atomic mass is 32.1. The van der Waals surface area contributed by atoms with Crippen molar-refractivity contribution in [2.75, 3.05) is 13.7 Å². The topological polar surface area (TPSA) is 48.4 Å². The van der Waals surface area contributed by atoms with Gasteiger partial charge in [-0.15, -0.1) is 11.3 Å². The van der Waals surface area contributed by atoms with Crippen LogP contribution >= 0.6 is 11.3 Å². The Labute approximate surface area is 106 Å². The first kappa shape index (κ1) is 14.1. The van der Waals surface area contributed by atoms with Crippen molar-refractivity contribution in [2.45, 2.75) is 39.7 Å². The molecule has 0 radical (unpaired) electrons. The van der Waals surface area contributed by atoms with Gasteiger partial charge in [0, 0.05) is 11.5 Å². The number of thiazole rings is 1. The van der Waals surface area contributed by atoms with Crippen LogP contribution in [0.1, 0.15) is 53.2 Å². The Morgan fingerprint density at radius 1 is 1.47 bits per heavy atom. The van der Waals surface area contributed by atoms with Gasteiger partial charge in [0.2, 0.25) is 0 Å². The van der Waals surface area contributed by atoms with Gasteiger partial charge in [-0.1, -0.05) is 13.3 Å². The average molecular weight is 257 g/mol. The third-order valence-electron chi connectivity index (χ3n) is 2.39. The highest BCUT2D eigenvalue weighted by Gasteiger charge is 2.21. The van der Waals surface area contributed by atoms with Gasteiger partial charge in [0.15, 0.2) is 5.69 Å². The lowest BCUT2D eigenvalue weighted by atomic mass is 10.2. The van der Waals surface area contributed by atoms with Crippen LogP contribution in [0.3, 0.4) is 0 Å². The number of esters is 1. The number of hydrogen-bond acceptors (Lipinski definition) is 5. The predicted molar refractivity (Wildman–Crippen MR) is 67.5 cm³/mol. The first-order chi connectivity index (χ1) is 8.13. The van der Waals surface area contributed by atoms with E-state index in [1.807, 2.05) is 13.8 Å². The van der Waals surface area contributed by atoms with Crippen molar-refractivity contribution in [3.8, 4) is 0 Å². The van der Waals surface area contributed by atoms with Crippen molar-refractivity contribution >= 4 is 17.3 Å². The van der Waals surface area contributed by atoms with E-state index < -0.39 is 0 Å². The number of ether oxygens (including phenoxy) is 2. The molecule has 0 aliphatic rings. The SMILES string of the molecule is CCCC(OCC)c1nc(C(=O)OC)c(C)s1. The molecule has 0 aromatic carbocycles. The quantitative estimate of drug-likeness (QED) is 0.735. The second kappa shape index (κ2) is 6.71. The van der Waals surface area contributed by atoms with E-state index in [9.17, 15) is 4.79 Å². The van der Waals surface area contributed by atoms with E-state index in [1.54, 1.807) is 0 Å². The molecule has 1 aromatic rings. The fourth-order valence-electron chi connectivity index (χ4n) is 1.58. The van der Waals surface area contributed by atoms with Crippen molar-refractivity contribution in [3.63, 3.8) is 0 Å². The van der Waals surface area contributed by atoms with Crippen LogP contribution in [0.4, 0.5) is 0 Å². The molecule has 1 unspecified atom stereocenters. The molecule has 4 nitrogen and oxygen atoms in total. The van der Waals surface area contributed by atoms with Crippen LogP contribution in [0.25, 0.3) is 0 Å². The first-order valence-electron chi connectivity index (χ1n) is 5.81. The van der Waals surface area contributed by atoms with Gasteiger partial charge in [-0.3, -0.25) is 0 Å². The summed E-state index contributed by atoms with van der Waals surface area (Å²) in [5.41, 5.74) is 0.410. The molecule has 0 saturated heterocycles. The van der Waals surface area contributed by atoms with Gasteiger partial charge in [0.1, 0.15) is 11.1 Å². The predicted octanol–water partition coefficient (Wildman–Crippen LogP) is 3.12. The normalized spacial score (nSPS) is 12.5. The van der Waals surface area contributed by atoms with Crippen LogP contribution in [0.15, 0.2) is 0 Å². The zero-order chi connectivity index (χ0) is 12.8. The summed E-state index contributed by atoms with van der Waals surface area (Å²) in [6, 6.07) is 0. The number of aryl methyl sites for hydroxylation is 1. The molecule has 17 heavy (non-hydrogen) atoms. The zero-order valence-electron chi connectivity index (χ0n) is 10.8. The Morgan fingerprint density at radius 3 is 2.71 bits per heavy atom. The maximum atomic E-state index is 11.5. The van der Waals surface area contributed by atoms with Gasteiger partial charge in [-0.05, 0) is 20.3 Å². The van der Waals surface area contributed by atoms with E-state index in [-0.39, 0.29) is 12.1 Å². The standard InChI is InChI=1S/C12H19NO3S/c1-5-7-9(16-6-2)11-13-10(8(3)17-11)12(14)15-4/h9H,5-7H2,1-4H3. The second-order valence-corrected chi connectivity index (χ2v) is 4.92. The molecule has 0 bridgehead atoms. The Bertz CT molecular complexity index is 370. The number of rotatable bonds is 6. The number of carbonyl (C=O) groups is 1. The van der Waals surface area contributed by atoms with Crippen LogP contribution < -0.4 is 0 Å². The van der Waals surface area contributed by atoms with Crippen LogP contribution in [-0.4, -0.2) is 24.7 Å². The molecule has 1 atom stereocenters. The van der Waals surface area contributed by atoms with Gasteiger partial charge in [0.25, 0.3) is 0 Å². The molecular formula is C12H19NO3S. The van der Waals surface area contributed by atoms with Crippen LogP contribution in [0, 0.1) is 6.92 Å². The van der Waals surface area contributed by atoms with Crippen LogP contribution in [-0.2, 0) is 9.47 Å². The fraction of sp³-hybridized carbons (Fsp3) is 0.667. The minimum absolute atomic E-state index is 0.00731. The summed E-state index contributed by atoms with van der Waals surface area (Å²) in [6.45, 7) is 6.59. The van der Waals surface area contributed by atoms with E-state index in [1.165, 1.54) is 18.4 Å². The lowest BCUT2D eigenvalue weighted by Gasteiger charge is -2.12. The Kier molecular flexibility index (Phi) is 5.58. The van der Waals surface area contributed by atoms with E-state index in [0.29, 0.717) is 12.3 Å². The zero-order valence-corrected chi connectivity index (χ0v) is 11.6. The van der Waals surface area contributed by atoms with Crippen molar-refractivity contribution < 1.29 is 14.3 Å². The van der Waals surface area contributed by atoms with E-state index in [2.05, 4.69) is 11.9 Å². The Balaban J connectivity index is 2.93. The monoisotopic (exact) mass is 257 g/mol. The molecule has 0 fully saturated rings. The average Bonchev–Trinajstić information content (AvgIpc) is 2.70. The smallest absolute Gasteiger partial charge is 0.357 e. The molecule has 96 valence electrons. The molecule has 0 aliphatic heterocycles. The van der Waals surface area contributed by atoms with Gasteiger partial charge in [-0.25, -0.2) is 9.78 Å². The summed E-state index contributed by atoms with van der Waals surface area (Å²) < 4.78 is 10.3.